The largest absolute Gasteiger partial charge is 0.492 e. The van der Waals surface area contributed by atoms with Gasteiger partial charge in [-0.1, -0.05) is 19.9 Å². The van der Waals surface area contributed by atoms with E-state index < -0.39 is 5.41 Å². The summed E-state index contributed by atoms with van der Waals surface area (Å²) in [5.41, 5.74) is 10.3. The van der Waals surface area contributed by atoms with Crippen molar-refractivity contribution in [1.29, 1.82) is 0 Å². The van der Waals surface area contributed by atoms with Gasteiger partial charge in [-0.15, -0.1) is 0 Å². The first-order valence-corrected chi connectivity index (χ1v) is 10.5. The van der Waals surface area contributed by atoms with Gasteiger partial charge < -0.3 is 25.7 Å². The highest BCUT2D eigenvalue weighted by Gasteiger charge is 2.39. The molecule has 0 saturated heterocycles. The van der Waals surface area contributed by atoms with Crippen molar-refractivity contribution in [2.45, 2.75) is 19.3 Å². The minimum Gasteiger partial charge on any atom is -0.492 e. The molecular formula is C24H29N3O4. The van der Waals surface area contributed by atoms with Crippen molar-refractivity contribution in [3.63, 3.8) is 0 Å². The van der Waals surface area contributed by atoms with E-state index in [1.807, 2.05) is 41.3 Å². The molecule has 0 unspecified atom stereocenters. The fraction of sp³-hybridized carbons (Fsp3) is 0.375. The van der Waals surface area contributed by atoms with Gasteiger partial charge in [0.15, 0.2) is 5.78 Å². The molecule has 2 aromatic carbocycles. The number of nitrogens with one attached hydrogen (secondary N) is 1. The van der Waals surface area contributed by atoms with Crippen LogP contribution in [-0.4, -0.2) is 65.3 Å². The summed E-state index contributed by atoms with van der Waals surface area (Å²) in [7, 11) is 0. The number of benzene rings is 2. The van der Waals surface area contributed by atoms with Gasteiger partial charge in [0.2, 0.25) is 0 Å². The Kier molecular flexibility index (Phi) is 5.75. The van der Waals surface area contributed by atoms with E-state index in [2.05, 4.69) is 18.8 Å². The van der Waals surface area contributed by atoms with Crippen molar-refractivity contribution in [1.82, 2.24) is 9.88 Å². The number of aliphatic hydroxyl groups excluding tert-OH is 2. The van der Waals surface area contributed by atoms with Crippen LogP contribution in [0.5, 0.6) is 5.75 Å². The molecule has 7 nitrogen and oxygen atoms in total. The first kappa shape index (κ1) is 21.4. The Hall–Kier alpha value is -2.87. The van der Waals surface area contributed by atoms with Crippen LogP contribution in [-0.2, 0) is 5.41 Å². The first-order valence-electron chi connectivity index (χ1n) is 10.5. The molecule has 0 saturated carbocycles. The molecule has 4 rings (SSSR count). The van der Waals surface area contributed by atoms with Gasteiger partial charge in [0.25, 0.3) is 0 Å². The number of aliphatic hydroxyl groups is 2. The van der Waals surface area contributed by atoms with Crippen molar-refractivity contribution in [2.24, 2.45) is 0 Å². The standard InChI is InChI=1S/C24H29N3O4/c1-24(2)19-14-16(31-12-9-27(7-10-28)8-11-29)4-6-17(19)22(30)21-18-5-3-15(25)13-20(18)26-23(21)24/h3-6,13-14,26,28-29H,7-12,25H2,1-2H3. The molecule has 1 heterocycles. The van der Waals surface area contributed by atoms with Gasteiger partial charge in [0.1, 0.15) is 12.4 Å². The SMILES string of the molecule is CC1(C)c2cc(OCCN(CCO)CCO)ccc2C(=O)c2c1[nH]c1cc(N)ccc21. The number of ether oxygens (including phenoxy) is 1. The molecule has 5 N–H and O–H groups in total. The topological polar surface area (TPSA) is 112 Å². The predicted octanol–water partition coefficient (Wildman–Crippen LogP) is 2.29. The number of anilines is 1. The second-order valence-corrected chi connectivity index (χ2v) is 8.48. The average molecular weight is 424 g/mol. The zero-order chi connectivity index (χ0) is 22.2. The van der Waals surface area contributed by atoms with Crippen LogP contribution in [0.1, 0.15) is 41.0 Å². The third-order valence-electron chi connectivity index (χ3n) is 6.09. The molecule has 3 aromatic rings. The minimum atomic E-state index is -0.411. The second kappa shape index (κ2) is 8.34. The molecule has 0 bridgehead atoms. The zero-order valence-corrected chi connectivity index (χ0v) is 17.9. The molecule has 1 aromatic heterocycles. The maximum absolute atomic E-state index is 13.4. The third kappa shape index (κ3) is 3.80. The number of fused-ring (bicyclic) bond motifs is 4. The Morgan fingerprint density at radius 3 is 2.52 bits per heavy atom. The Labute approximate surface area is 181 Å². The summed E-state index contributed by atoms with van der Waals surface area (Å²) < 4.78 is 5.94. The number of nitrogen functional groups attached to an aromatic ring is 1. The molecule has 7 heteroatoms. The van der Waals surface area contributed by atoms with Crippen molar-refractivity contribution in [3.8, 4) is 5.75 Å². The monoisotopic (exact) mass is 423 g/mol. The number of nitrogens with two attached hydrogens (primary N) is 1. The van der Waals surface area contributed by atoms with E-state index in [9.17, 15) is 4.79 Å². The molecule has 0 atom stereocenters. The number of carbonyl (C=O) groups is 1. The molecular weight excluding hydrogens is 394 g/mol. The van der Waals surface area contributed by atoms with Crippen LogP contribution < -0.4 is 10.5 Å². The van der Waals surface area contributed by atoms with Crippen LogP contribution in [0.15, 0.2) is 36.4 Å². The fourth-order valence-corrected chi connectivity index (χ4v) is 4.43. The molecule has 0 spiro atoms. The summed E-state index contributed by atoms with van der Waals surface area (Å²) in [6.45, 7) is 6.26. The summed E-state index contributed by atoms with van der Waals surface area (Å²) >= 11 is 0. The lowest BCUT2D eigenvalue weighted by Crippen LogP contribution is -2.33. The number of hydrogen-bond donors (Lipinski definition) is 4. The Morgan fingerprint density at radius 1 is 1.06 bits per heavy atom. The number of aromatic nitrogens is 1. The lowest BCUT2D eigenvalue weighted by molar-refractivity contribution is 0.103. The number of hydrogen-bond acceptors (Lipinski definition) is 6. The van der Waals surface area contributed by atoms with E-state index in [1.165, 1.54) is 0 Å². The second-order valence-electron chi connectivity index (χ2n) is 8.48. The van der Waals surface area contributed by atoms with Crippen molar-refractivity contribution in [2.75, 3.05) is 45.2 Å². The lowest BCUT2D eigenvalue weighted by atomic mass is 9.71. The van der Waals surface area contributed by atoms with Crippen LogP contribution in [0.25, 0.3) is 10.9 Å². The quantitative estimate of drug-likeness (QED) is 0.414. The van der Waals surface area contributed by atoms with E-state index in [0.29, 0.717) is 48.8 Å². The fourth-order valence-electron chi connectivity index (χ4n) is 4.43. The minimum absolute atomic E-state index is 0.00367. The van der Waals surface area contributed by atoms with Crippen LogP contribution in [0, 0.1) is 0 Å². The summed E-state index contributed by atoms with van der Waals surface area (Å²) in [6, 6.07) is 11.2. The maximum atomic E-state index is 13.4. The number of ketones is 1. The molecule has 0 amide bonds. The molecule has 0 fully saturated rings. The van der Waals surface area contributed by atoms with Gasteiger partial charge >= 0.3 is 0 Å². The van der Waals surface area contributed by atoms with E-state index in [1.54, 1.807) is 0 Å². The first-order chi connectivity index (χ1) is 14.9. The molecule has 164 valence electrons. The molecule has 1 aliphatic carbocycles. The van der Waals surface area contributed by atoms with E-state index in [-0.39, 0.29) is 19.0 Å². The van der Waals surface area contributed by atoms with Crippen molar-refractivity contribution in [3.05, 3.63) is 58.8 Å². The summed E-state index contributed by atoms with van der Waals surface area (Å²) in [6.07, 6.45) is 0. The van der Waals surface area contributed by atoms with Gasteiger partial charge in [-0.2, -0.15) is 0 Å². The predicted molar refractivity (Wildman–Crippen MR) is 121 cm³/mol. The number of rotatable bonds is 8. The Balaban J connectivity index is 1.62. The third-order valence-corrected chi connectivity index (χ3v) is 6.09. The van der Waals surface area contributed by atoms with Crippen molar-refractivity contribution < 1.29 is 19.7 Å². The van der Waals surface area contributed by atoms with Gasteiger partial charge in [-0.25, -0.2) is 0 Å². The Bertz CT molecular complexity index is 1110. The van der Waals surface area contributed by atoms with E-state index in [4.69, 9.17) is 20.7 Å². The molecule has 31 heavy (non-hydrogen) atoms. The number of aromatic amines is 1. The van der Waals surface area contributed by atoms with E-state index >= 15 is 0 Å². The highest BCUT2D eigenvalue weighted by atomic mass is 16.5. The average Bonchev–Trinajstić information content (AvgIpc) is 3.12. The van der Waals surface area contributed by atoms with E-state index in [0.717, 1.165) is 22.2 Å². The summed E-state index contributed by atoms with van der Waals surface area (Å²) in [5, 5.41) is 19.2. The highest BCUT2D eigenvalue weighted by Crippen LogP contribution is 2.44. The van der Waals surface area contributed by atoms with Gasteiger partial charge in [-0.05, 0) is 35.9 Å². The summed E-state index contributed by atoms with van der Waals surface area (Å²) in [5.74, 6) is 0.695. The molecule has 0 aliphatic heterocycles. The van der Waals surface area contributed by atoms with Crippen LogP contribution >= 0.6 is 0 Å². The molecule has 1 aliphatic rings. The highest BCUT2D eigenvalue weighted by molar-refractivity contribution is 6.20. The normalized spacial score (nSPS) is 14.7. The van der Waals surface area contributed by atoms with Crippen LogP contribution in [0.4, 0.5) is 5.69 Å². The Morgan fingerprint density at radius 2 is 1.81 bits per heavy atom. The van der Waals surface area contributed by atoms with Crippen LogP contribution in [0.2, 0.25) is 0 Å². The van der Waals surface area contributed by atoms with Crippen molar-refractivity contribution >= 4 is 22.4 Å². The number of carbonyl (C=O) groups excluding carboxylic acids is 1. The molecule has 0 radical (unpaired) electrons. The van der Waals surface area contributed by atoms with Gasteiger partial charge in [0.05, 0.1) is 18.8 Å². The van der Waals surface area contributed by atoms with Gasteiger partial charge in [0, 0.05) is 52.9 Å². The van der Waals surface area contributed by atoms with Gasteiger partial charge in [-0.3, -0.25) is 9.69 Å². The zero-order valence-electron chi connectivity index (χ0n) is 17.9. The lowest BCUT2D eigenvalue weighted by Gasteiger charge is -2.32. The van der Waals surface area contributed by atoms with Crippen LogP contribution in [0.3, 0.4) is 0 Å². The smallest absolute Gasteiger partial charge is 0.195 e. The maximum Gasteiger partial charge on any atom is 0.195 e. The number of nitrogens with zero attached hydrogens (tertiary/aromatic N) is 1. The summed E-state index contributed by atoms with van der Waals surface area (Å²) in [4.78, 5) is 18.7. The number of H-pyrrole nitrogens is 1.